The second-order valence-corrected chi connectivity index (χ2v) is 8.37. The second-order valence-electron chi connectivity index (χ2n) is 7.94. The zero-order valence-electron chi connectivity index (χ0n) is 17.6. The van der Waals surface area contributed by atoms with E-state index >= 15 is 0 Å². The second kappa shape index (κ2) is 9.46. The third-order valence-corrected chi connectivity index (χ3v) is 5.95. The number of hydrogen-bond acceptors (Lipinski definition) is 3. The highest BCUT2D eigenvalue weighted by molar-refractivity contribution is 6.30. The molecule has 0 N–H and O–H groups in total. The molecule has 1 saturated heterocycles. The van der Waals surface area contributed by atoms with Crippen LogP contribution in [0.3, 0.4) is 0 Å². The first-order chi connectivity index (χ1) is 15.0. The smallest absolute Gasteiger partial charge is 0.254 e. The minimum Gasteiger partial charge on any atom is -0.336 e. The van der Waals surface area contributed by atoms with Crippen LogP contribution in [0.5, 0.6) is 0 Å². The van der Waals surface area contributed by atoms with Gasteiger partial charge in [-0.1, -0.05) is 71.8 Å². The Balaban J connectivity index is 1.44. The first kappa shape index (κ1) is 21.3. The van der Waals surface area contributed by atoms with Crippen molar-refractivity contribution in [3.05, 3.63) is 106 Å². The first-order valence-electron chi connectivity index (χ1n) is 10.5. The lowest BCUT2D eigenvalue weighted by molar-refractivity contribution is 0.0625. The van der Waals surface area contributed by atoms with Crippen LogP contribution in [0.15, 0.2) is 72.8 Å². The summed E-state index contributed by atoms with van der Waals surface area (Å²) in [5, 5.41) is 0.734. The van der Waals surface area contributed by atoms with Crippen molar-refractivity contribution in [3.63, 3.8) is 0 Å². The Morgan fingerprint density at radius 2 is 1.42 bits per heavy atom. The number of ketones is 1. The third kappa shape index (κ3) is 5.04. The van der Waals surface area contributed by atoms with Gasteiger partial charge in [0.25, 0.3) is 5.91 Å². The lowest BCUT2D eigenvalue weighted by atomic mass is 9.97. The molecular weight excluding hydrogens is 408 g/mol. The van der Waals surface area contributed by atoms with Crippen LogP contribution in [-0.2, 0) is 6.54 Å². The molecule has 5 heteroatoms. The standard InChI is InChI=1S/C26H25ClN2O2/c1-19-6-10-21(11-7-19)25(30)23-4-2-3-5-24(23)26(31)29-16-14-28(15-17-29)18-20-8-12-22(27)13-9-20/h2-13H,14-18H2,1H3. The van der Waals surface area contributed by atoms with Gasteiger partial charge in [0.1, 0.15) is 0 Å². The van der Waals surface area contributed by atoms with Gasteiger partial charge in [-0.25, -0.2) is 0 Å². The number of aryl methyl sites for hydroxylation is 1. The number of carbonyl (C=O) groups is 2. The molecule has 0 aliphatic carbocycles. The highest BCUT2D eigenvalue weighted by Gasteiger charge is 2.25. The Hall–Kier alpha value is -2.95. The summed E-state index contributed by atoms with van der Waals surface area (Å²) in [5.41, 5.74) is 3.83. The molecule has 0 spiro atoms. The topological polar surface area (TPSA) is 40.6 Å². The molecule has 0 atom stereocenters. The maximum Gasteiger partial charge on any atom is 0.254 e. The summed E-state index contributed by atoms with van der Waals surface area (Å²) in [7, 11) is 0. The van der Waals surface area contributed by atoms with Crippen LogP contribution in [0.1, 0.15) is 37.4 Å². The molecule has 158 valence electrons. The molecule has 1 heterocycles. The number of halogens is 1. The fourth-order valence-electron chi connectivity index (χ4n) is 3.86. The molecule has 31 heavy (non-hydrogen) atoms. The van der Waals surface area contributed by atoms with Crippen molar-refractivity contribution >= 4 is 23.3 Å². The van der Waals surface area contributed by atoms with Gasteiger partial charge in [-0.15, -0.1) is 0 Å². The summed E-state index contributed by atoms with van der Waals surface area (Å²) in [6, 6.07) is 22.4. The average molecular weight is 433 g/mol. The van der Waals surface area contributed by atoms with Crippen LogP contribution in [-0.4, -0.2) is 47.7 Å². The predicted octanol–water partition coefficient (Wildman–Crippen LogP) is 4.84. The first-order valence-corrected chi connectivity index (χ1v) is 10.9. The summed E-state index contributed by atoms with van der Waals surface area (Å²) in [4.78, 5) is 30.5. The molecule has 1 fully saturated rings. The number of amides is 1. The maximum atomic E-state index is 13.3. The summed E-state index contributed by atoms with van der Waals surface area (Å²) >= 11 is 5.97. The minimum absolute atomic E-state index is 0.0813. The van der Waals surface area contributed by atoms with Crippen LogP contribution in [0, 0.1) is 6.92 Å². The van der Waals surface area contributed by atoms with Gasteiger partial charge in [-0.2, -0.15) is 0 Å². The van der Waals surface area contributed by atoms with Crippen molar-refractivity contribution < 1.29 is 9.59 Å². The van der Waals surface area contributed by atoms with E-state index in [9.17, 15) is 9.59 Å². The maximum absolute atomic E-state index is 13.3. The zero-order chi connectivity index (χ0) is 21.8. The van der Waals surface area contributed by atoms with E-state index in [1.807, 2.05) is 72.5 Å². The molecule has 3 aromatic rings. The highest BCUT2D eigenvalue weighted by Crippen LogP contribution is 2.19. The van der Waals surface area contributed by atoms with E-state index in [-0.39, 0.29) is 11.7 Å². The number of hydrogen-bond donors (Lipinski definition) is 0. The van der Waals surface area contributed by atoms with E-state index < -0.39 is 0 Å². The van der Waals surface area contributed by atoms with Crippen molar-refractivity contribution in [3.8, 4) is 0 Å². The van der Waals surface area contributed by atoms with Crippen molar-refractivity contribution in [2.45, 2.75) is 13.5 Å². The van der Waals surface area contributed by atoms with Crippen LogP contribution >= 0.6 is 11.6 Å². The Kier molecular flexibility index (Phi) is 6.50. The van der Waals surface area contributed by atoms with Gasteiger partial charge in [0.2, 0.25) is 0 Å². The highest BCUT2D eigenvalue weighted by atomic mass is 35.5. The van der Waals surface area contributed by atoms with Gasteiger partial charge in [-0.3, -0.25) is 14.5 Å². The fourth-order valence-corrected chi connectivity index (χ4v) is 3.98. The minimum atomic E-state index is -0.120. The van der Waals surface area contributed by atoms with E-state index in [1.54, 1.807) is 12.1 Å². The average Bonchev–Trinajstić information content (AvgIpc) is 2.81. The molecule has 4 rings (SSSR count). The number of piperazine rings is 1. The van der Waals surface area contributed by atoms with E-state index in [0.29, 0.717) is 29.8 Å². The lowest BCUT2D eigenvalue weighted by Crippen LogP contribution is -2.48. The molecule has 0 aromatic heterocycles. The summed E-state index contributed by atoms with van der Waals surface area (Å²) in [5.74, 6) is -0.201. The monoisotopic (exact) mass is 432 g/mol. The van der Waals surface area contributed by atoms with Crippen LogP contribution in [0.2, 0.25) is 5.02 Å². The molecule has 3 aromatic carbocycles. The molecule has 4 nitrogen and oxygen atoms in total. The van der Waals surface area contributed by atoms with E-state index in [2.05, 4.69) is 4.90 Å². The molecule has 0 bridgehead atoms. The van der Waals surface area contributed by atoms with E-state index in [0.717, 1.165) is 30.2 Å². The van der Waals surface area contributed by atoms with Crippen LogP contribution < -0.4 is 0 Å². The molecule has 1 aliphatic heterocycles. The number of carbonyl (C=O) groups excluding carboxylic acids is 2. The molecule has 0 radical (unpaired) electrons. The van der Waals surface area contributed by atoms with Gasteiger partial charge in [-0.05, 0) is 30.7 Å². The van der Waals surface area contributed by atoms with E-state index in [1.165, 1.54) is 5.56 Å². The Bertz CT molecular complexity index is 1070. The van der Waals surface area contributed by atoms with Gasteiger partial charge in [0, 0.05) is 48.9 Å². The largest absolute Gasteiger partial charge is 0.336 e. The summed E-state index contributed by atoms with van der Waals surface area (Å²) in [6.45, 7) is 5.68. The molecule has 0 saturated carbocycles. The van der Waals surface area contributed by atoms with Crippen LogP contribution in [0.4, 0.5) is 0 Å². The summed E-state index contributed by atoms with van der Waals surface area (Å²) < 4.78 is 0. The Labute approximate surface area is 188 Å². The molecule has 0 unspecified atom stereocenters. The van der Waals surface area contributed by atoms with Gasteiger partial charge < -0.3 is 4.90 Å². The molecular formula is C26H25ClN2O2. The SMILES string of the molecule is Cc1ccc(C(=O)c2ccccc2C(=O)N2CCN(Cc3ccc(Cl)cc3)CC2)cc1. The molecule has 1 amide bonds. The summed E-state index contributed by atoms with van der Waals surface area (Å²) in [6.07, 6.45) is 0. The van der Waals surface area contributed by atoms with Crippen molar-refractivity contribution in [1.82, 2.24) is 9.80 Å². The van der Waals surface area contributed by atoms with Crippen molar-refractivity contribution in [2.24, 2.45) is 0 Å². The zero-order valence-corrected chi connectivity index (χ0v) is 18.3. The number of benzene rings is 3. The third-order valence-electron chi connectivity index (χ3n) is 5.69. The normalized spacial score (nSPS) is 14.5. The molecule has 1 aliphatic rings. The van der Waals surface area contributed by atoms with Crippen molar-refractivity contribution in [2.75, 3.05) is 26.2 Å². The lowest BCUT2D eigenvalue weighted by Gasteiger charge is -2.35. The Morgan fingerprint density at radius 1 is 0.806 bits per heavy atom. The number of nitrogens with zero attached hydrogens (tertiary/aromatic N) is 2. The predicted molar refractivity (Wildman–Crippen MR) is 124 cm³/mol. The van der Waals surface area contributed by atoms with Gasteiger partial charge >= 0.3 is 0 Å². The quantitative estimate of drug-likeness (QED) is 0.542. The van der Waals surface area contributed by atoms with Crippen molar-refractivity contribution in [1.29, 1.82) is 0 Å². The van der Waals surface area contributed by atoms with Gasteiger partial charge in [0.05, 0.1) is 5.56 Å². The Morgan fingerprint density at radius 3 is 2.06 bits per heavy atom. The van der Waals surface area contributed by atoms with Crippen LogP contribution in [0.25, 0.3) is 0 Å². The number of rotatable bonds is 5. The fraction of sp³-hybridized carbons (Fsp3) is 0.231. The van der Waals surface area contributed by atoms with E-state index in [4.69, 9.17) is 11.6 Å². The van der Waals surface area contributed by atoms with Gasteiger partial charge in [0.15, 0.2) is 5.78 Å².